The molecule has 1 aliphatic heterocycles. The summed E-state index contributed by atoms with van der Waals surface area (Å²) in [6.07, 6.45) is -4.17. The van der Waals surface area contributed by atoms with Gasteiger partial charge in [-0.15, -0.1) is 0 Å². The smallest absolute Gasteiger partial charge is 0.379 e. The molecule has 1 aliphatic rings. The number of ether oxygens (including phenoxy) is 1. The van der Waals surface area contributed by atoms with Gasteiger partial charge in [0.05, 0.1) is 12.2 Å². The molecule has 0 spiro atoms. The van der Waals surface area contributed by atoms with Crippen molar-refractivity contribution in [3.8, 4) is 0 Å². The molecule has 0 bridgehead atoms. The fourth-order valence-corrected chi connectivity index (χ4v) is 2.31. The first-order valence-corrected chi connectivity index (χ1v) is 6.56. The zero-order valence-electron chi connectivity index (χ0n) is 10.3. The Morgan fingerprint density at radius 3 is 2.70 bits per heavy atom. The van der Waals surface area contributed by atoms with E-state index in [1.165, 1.54) is 12.1 Å². The van der Waals surface area contributed by atoms with E-state index in [1.807, 2.05) is 0 Å². The maximum atomic E-state index is 12.8. The Morgan fingerprint density at radius 2 is 2.15 bits per heavy atom. The van der Waals surface area contributed by atoms with Crippen molar-refractivity contribution in [1.82, 2.24) is 0 Å². The summed E-state index contributed by atoms with van der Waals surface area (Å²) >= 11 is 2.83. The number of amides is 1. The van der Waals surface area contributed by atoms with Crippen LogP contribution in [0.3, 0.4) is 0 Å². The van der Waals surface area contributed by atoms with Crippen molar-refractivity contribution in [2.24, 2.45) is 5.73 Å². The first kappa shape index (κ1) is 15.3. The number of nitrogens with one attached hydrogen (secondary N) is 1. The molecular weight excluding hydrogens is 341 g/mol. The third-order valence-corrected chi connectivity index (χ3v) is 3.73. The van der Waals surface area contributed by atoms with Gasteiger partial charge in [0, 0.05) is 16.8 Å². The Balaban J connectivity index is 2.20. The maximum Gasteiger partial charge on any atom is 0.417 e. The number of hydrogen-bond acceptors (Lipinski definition) is 3. The average Bonchev–Trinajstić information content (AvgIpc) is 2.78. The Labute approximate surface area is 121 Å². The van der Waals surface area contributed by atoms with E-state index in [-0.39, 0.29) is 16.8 Å². The van der Waals surface area contributed by atoms with Crippen molar-refractivity contribution in [2.45, 2.75) is 18.1 Å². The first-order chi connectivity index (χ1) is 9.22. The number of nitrogens with two attached hydrogens (primary N) is 1. The third kappa shape index (κ3) is 3.13. The van der Waals surface area contributed by atoms with Gasteiger partial charge in [0.15, 0.2) is 0 Å². The highest BCUT2D eigenvalue weighted by atomic mass is 79.9. The van der Waals surface area contributed by atoms with Crippen molar-refractivity contribution >= 4 is 27.5 Å². The zero-order chi connectivity index (χ0) is 15.0. The molecule has 8 heteroatoms. The van der Waals surface area contributed by atoms with E-state index < -0.39 is 23.2 Å². The van der Waals surface area contributed by atoms with E-state index in [4.69, 9.17) is 10.5 Å². The van der Waals surface area contributed by atoms with Crippen LogP contribution in [-0.4, -0.2) is 24.7 Å². The molecule has 0 aliphatic carbocycles. The molecule has 2 rings (SSSR count). The lowest BCUT2D eigenvalue weighted by Gasteiger charge is -2.21. The van der Waals surface area contributed by atoms with E-state index in [0.717, 1.165) is 6.07 Å². The highest BCUT2D eigenvalue weighted by Gasteiger charge is 2.39. The second kappa shape index (κ2) is 5.34. The normalized spacial score (nSPS) is 22.9. The number of anilines is 1. The molecule has 0 aromatic heterocycles. The van der Waals surface area contributed by atoms with Gasteiger partial charge in [0.25, 0.3) is 0 Å². The monoisotopic (exact) mass is 352 g/mol. The van der Waals surface area contributed by atoms with Crippen LogP contribution >= 0.6 is 15.9 Å². The second-order valence-corrected chi connectivity index (χ2v) is 5.46. The maximum absolute atomic E-state index is 12.8. The molecular formula is C12H12BrF3N2O2. The predicted molar refractivity (Wildman–Crippen MR) is 70.1 cm³/mol. The van der Waals surface area contributed by atoms with Crippen LogP contribution in [0.4, 0.5) is 18.9 Å². The number of halogens is 4. The van der Waals surface area contributed by atoms with Gasteiger partial charge in [-0.05, 0) is 24.6 Å². The van der Waals surface area contributed by atoms with E-state index in [2.05, 4.69) is 21.2 Å². The highest BCUT2D eigenvalue weighted by Crippen LogP contribution is 2.36. The molecule has 110 valence electrons. The van der Waals surface area contributed by atoms with Crippen LogP contribution in [-0.2, 0) is 15.7 Å². The van der Waals surface area contributed by atoms with Gasteiger partial charge in [-0.25, -0.2) is 0 Å². The Kier molecular flexibility index (Phi) is 4.08. The molecule has 0 saturated carbocycles. The Morgan fingerprint density at radius 1 is 1.45 bits per heavy atom. The summed E-state index contributed by atoms with van der Waals surface area (Å²) in [6, 6.07) is 3.46. The number of rotatable bonds is 2. The van der Waals surface area contributed by atoms with Gasteiger partial charge in [-0.3, -0.25) is 4.79 Å². The van der Waals surface area contributed by atoms with Crippen LogP contribution in [0.25, 0.3) is 0 Å². The van der Waals surface area contributed by atoms with Crippen LogP contribution in [0.5, 0.6) is 0 Å². The van der Waals surface area contributed by atoms with Gasteiger partial charge in [0.2, 0.25) is 5.91 Å². The van der Waals surface area contributed by atoms with Crippen molar-refractivity contribution in [2.75, 3.05) is 18.5 Å². The van der Waals surface area contributed by atoms with Crippen molar-refractivity contribution in [3.05, 3.63) is 28.2 Å². The number of carbonyl (C=O) groups is 1. The van der Waals surface area contributed by atoms with Crippen molar-refractivity contribution in [3.63, 3.8) is 0 Å². The number of benzene rings is 1. The quantitative estimate of drug-likeness (QED) is 0.859. The molecule has 20 heavy (non-hydrogen) atoms. The third-order valence-electron chi connectivity index (χ3n) is 3.03. The van der Waals surface area contributed by atoms with E-state index in [9.17, 15) is 18.0 Å². The largest absolute Gasteiger partial charge is 0.417 e. The lowest BCUT2D eigenvalue weighted by molar-refractivity contribution is -0.138. The molecule has 1 aromatic rings. The molecule has 1 fully saturated rings. The van der Waals surface area contributed by atoms with Gasteiger partial charge in [0.1, 0.15) is 5.54 Å². The molecule has 4 nitrogen and oxygen atoms in total. The second-order valence-electron chi connectivity index (χ2n) is 4.61. The van der Waals surface area contributed by atoms with Gasteiger partial charge >= 0.3 is 6.18 Å². The Bertz CT molecular complexity index is 528. The zero-order valence-corrected chi connectivity index (χ0v) is 11.8. The topological polar surface area (TPSA) is 64.4 Å². The molecule has 1 unspecified atom stereocenters. The lowest BCUT2D eigenvalue weighted by Crippen LogP contribution is -2.51. The molecule has 1 aromatic carbocycles. The predicted octanol–water partition coefficient (Wildman–Crippen LogP) is 2.52. The summed E-state index contributed by atoms with van der Waals surface area (Å²) in [4.78, 5) is 12.0. The summed E-state index contributed by atoms with van der Waals surface area (Å²) in [7, 11) is 0. The summed E-state index contributed by atoms with van der Waals surface area (Å²) in [5.74, 6) is -0.551. The summed E-state index contributed by atoms with van der Waals surface area (Å²) in [5.41, 5.74) is 3.83. The van der Waals surface area contributed by atoms with Crippen LogP contribution in [0.2, 0.25) is 0 Å². The molecule has 3 N–H and O–H groups in total. The number of carbonyl (C=O) groups excluding carboxylic acids is 1. The van der Waals surface area contributed by atoms with E-state index in [1.54, 1.807) is 0 Å². The fourth-order valence-electron chi connectivity index (χ4n) is 1.84. The summed E-state index contributed by atoms with van der Waals surface area (Å²) in [6.45, 7) is 0.416. The SMILES string of the molecule is NC1(C(=O)Nc2ccc(Br)c(C(F)(F)F)c2)CCOC1. The lowest BCUT2D eigenvalue weighted by atomic mass is 9.99. The minimum Gasteiger partial charge on any atom is -0.379 e. The minimum atomic E-state index is -4.50. The summed E-state index contributed by atoms with van der Waals surface area (Å²) < 4.78 is 43.2. The molecule has 1 amide bonds. The van der Waals surface area contributed by atoms with Gasteiger partial charge < -0.3 is 15.8 Å². The molecule has 1 heterocycles. The van der Waals surface area contributed by atoms with Crippen molar-refractivity contribution < 1.29 is 22.7 Å². The summed E-state index contributed by atoms with van der Waals surface area (Å²) in [5, 5.41) is 2.40. The Hall–Kier alpha value is -1.12. The molecule has 0 radical (unpaired) electrons. The number of alkyl halides is 3. The van der Waals surface area contributed by atoms with Crippen molar-refractivity contribution in [1.29, 1.82) is 0 Å². The van der Waals surface area contributed by atoms with E-state index in [0.29, 0.717) is 13.0 Å². The van der Waals surface area contributed by atoms with Crippen LogP contribution in [0.1, 0.15) is 12.0 Å². The van der Waals surface area contributed by atoms with Gasteiger partial charge in [-0.2, -0.15) is 13.2 Å². The minimum absolute atomic E-state index is 0.0438. The first-order valence-electron chi connectivity index (χ1n) is 5.77. The van der Waals surface area contributed by atoms with E-state index >= 15 is 0 Å². The van der Waals surface area contributed by atoms with Crippen LogP contribution in [0.15, 0.2) is 22.7 Å². The fraction of sp³-hybridized carbons (Fsp3) is 0.417. The van der Waals surface area contributed by atoms with Gasteiger partial charge in [-0.1, -0.05) is 15.9 Å². The standard InChI is InChI=1S/C12H12BrF3N2O2/c13-9-2-1-7(5-8(9)12(14,15)16)18-10(19)11(17)3-4-20-6-11/h1-2,5H,3-4,6,17H2,(H,18,19). The number of hydrogen-bond donors (Lipinski definition) is 2. The van der Waals surface area contributed by atoms with Crippen LogP contribution in [0, 0.1) is 0 Å². The van der Waals surface area contributed by atoms with Crippen LogP contribution < -0.4 is 11.1 Å². The molecule has 1 atom stereocenters. The molecule has 1 saturated heterocycles. The highest BCUT2D eigenvalue weighted by molar-refractivity contribution is 9.10. The average molecular weight is 353 g/mol.